The van der Waals surface area contributed by atoms with Gasteiger partial charge in [-0.25, -0.2) is 14.2 Å². The molecule has 0 spiro atoms. The molecule has 2 aromatic carbocycles. The summed E-state index contributed by atoms with van der Waals surface area (Å²) in [6.45, 7) is 2.83. The minimum Gasteiger partial charge on any atom is -0.334 e. The van der Waals surface area contributed by atoms with E-state index >= 15 is 0 Å². The van der Waals surface area contributed by atoms with Crippen molar-refractivity contribution in [2.75, 3.05) is 0 Å². The first-order chi connectivity index (χ1) is 14.0. The Labute approximate surface area is 176 Å². The van der Waals surface area contributed by atoms with Gasteiger partial charge in [-0.2, -0.15) is 0 Å². The molecule has 5 nitrogen and oxygen atoms in total. The number of amides is 2. The van der Waals surface area contributed by atoms with Gasteiger partial charge in [0.2, 0.25) is 0 Å². The van der Waals surface area contributed by atoms with Crippen LogP contribution in [0.25, 0.3) is 16.2 Å². The lowest BCUT2D eigenvalue weighted by Crippen LogP contribution is -2.34. The van der Waals surface area contributed by atoms with Gasteiger partial charge in [0.1, 0.15) is 5.82 Å². The Morgan fingerprint density at radius 1 is 1.10 bits per heavy atom. The normalized spacial score (nSPS) is 11.0. The quantitative estimate of drug-likeness (QED) is 0.461. The lowest BCUT2D eigenvalue weighted by molar-refractivity contribution is 0.240. The van der Waals surface area contributed by atoms with Gasteiger partial charge in [0.15, 0.2) is 4.96 Å². The second-order valence-electron chi connectivity index (χ2n) is 6.56. The number of nitrogens with zero attached hydrogens (tertiary/aromatic N) is 2. The molecule has 2 N–H and O–H groups in total. The predicted molar refractivity (Wildman–Crippen MR) is 114 cm³/mol. The highest BCUT2D eigenvalue weighted by Crippen LogP contribution is 2.27. The maximum atomic E-state index is 13.1. The van der Waals surface area contributed by atoms with E-state index in [0.717, 1.165) is 32.4 Å². The second-order valence-corrected chi connectivity index (χ2v) is 8.06. The molecule has 8 heteroatoms. The van der Waals surface area contributed by atoms with Gasteiger partial charge in [-0.3, -0.25) is 4.40 Å². The molecule has 0 aliphatic rings. The first-order valence-electron chi connectivity index (χ1n) is 8.99. The Bertz CT molecular complexity index is 1150. The molecule has 0 radical (unpaired) electrons. The van der Waals surface area contributed by atoms with Crippen LogP contribution in [-0.4, -0.2) is 15.4 Å². The molecule has 2 amide bonds. The number of carbonyl (C=O) groups is 1. The summed E-state index contributed by atoms with van der Waals surface area (Å²) in [5.41, 5.74) is 3.65. The maximum absolute atomic E-state index is 13.1. The van der Waals surface area contributed by atoms with Gasteiger partial charge in [0.05, 0.1) is 12.2 Å². The number of aromatic nitrogens is 2. The van der Waals surface area contributed by atoms with Gasteiger partial charge >= 0.3 is 6.03 Å². The van der Waals surface area contributed by atoms with Gasteiger partial charge < -0.3 is 10.6 Å². The minimum absolute atomic E-state index is 0.239. The molecule has 0 fully saturated rings. The first kappa shape index (κ1) is 19.4. The van der Waals surface area contributed by atoms with Crippen molar-refractivity contribution in [1.29, 1.82) is 0 Å². The number of nitrogens with one attached hydrogen (secondary N) is 2. The zero-order valence-electron chi connectivity index (χ0n) is 15.6. The summed E-state index contributed by atoms with van der Waals surface area (Å²) < 4.78 is 15.1. The highest BCUT2D eigenvalue weighted by Gasteiger charge is 2.13. The van der Waals surface area contributed by atoms with E-state index < -0.39 is 0 Å². The van der Waals surface area contributed by atoms with E-state index in [1.54, 1.807) is 24.3 Å². The van der Waals surface area contributed by atoms with Crippen LogP contribution in [0.5, 0.6) is 0 Å². The lowest BCUT2D eigenvalue weighted by atomic mass is 10.2. The Hall–Kier alpha value is -2.90. The highest BCUT2D eigenvalue weighted by molar-refractivity contribution is 7.17. The van der Waals surface area contributed by atoms with Crippen molar-refractivity contribution in [3.8, 4) is 11.3 Å². The molecule has 0 aliphatic heterocycles. The molecular weight excluding hydrogens is 411 g/mol. The SMILES string of the molecule is Cc1c(CNC(=O)NCc2ccc(Cl)cc2)sc2nc(-c3ccc(F)cc3)cn12. The Balaban J connectivity index is 1.38. The van der Waals surface area contributed by atoms with E-state index in [9.17, 15) is 9.18 Å². The topological polar surface area (TPSA) is 58.4 Å². The van der Waals surface area contributed by atoms with E-state index in [0.29, 0.717) is 18.1 Å². The summed E-state index contributed by atoms with van der Waals surface area (Å²) in [7, 11) is 0. The fourth-order valence-electron chi connectivity index (χ4n) is 2.93. The molecule has 148 valence electrons. The van der Waals surface area contributed by atoms with Crippen molar-refractivity contribution in [3.63, 3.8) is 0 Å². The molecular formula is C21H18ClFN4OS. The van der Waals surface area contributed by atoms with E-state index in [1.165, 1.54) is 23.5 Å². The molecule has 0 atom stereocenters. The van der Waals surface area contributed by atoms with Crippen LogP contribution >= 0.6 is 22.9 Å². The zero-order chi connectivity index (χ0) is 20.4. The van der Waals surface area contributed by atoms with E-state index in [-0.39, 0.29) is 11.8 Å². The fraction of sp³-hybridized carbons (Fsp3) is 0.143. The third-order valence-corrected chi connectivity index (χ3v) is 5.98. The highest BCUT2D eigenvalue weighted by atomic mass is 35.5. The number of carbonyl (C=O) groups excluding carboxylic acids is 1. The van der Waals surface area contributed by atoms with Crippen LogP contribution in [-0.2, 0) is 13.1 Å². The Morgan fingerprint density at radius 2 is 1.79 bits per heavy atom. The summed E-state index contributed by atoms with van der Waals surface area (Å²) >= 11 is 7.38. The van der Waals surface area contributed by atoms with Crippen LogP contribution in [0.4, 0.5) is 9.18 Å². The van der Waals surface area contributed by atoms with E-state index in [4.69, 9.17) is 11.6 Å². The molecule has 0 bridgehead atoms. The smallest absolute Gasteiger partial charge is 0.315 e. The molecule has 4 rings (SSSR count). The van der Waals surface area contributed by atoms with E-state index in [2.05, 4.69) is 15.6 Å². The Kier molecular flexibility index (Phi) is 5.51. The molecule has 0 unspecified atom stereocenters. The number of hydrogen-bond donors (Lipinski definition) is 2. The number of benzene rings is 2. The first-order valence-corrected chi connectivity index (χ1v) is 10.2. The summed E-state index contributed by atoms with van der Waals surface area (Å²) in [4.78, 5) is 18.6. The summed E-state index contributed by atoms with van der Waals surface area (Å²) in [6, 6.07) is 13.4. The monoisotopic (exact) mass is 428 g/mol. The molecule has 0 aliphatic carbocycles. The fourth-order valence-corrected chi connectivity index (χ4v) is 4.09. The second kappa shape index (κ2) is 8.23. The summed E-state index contributed by atoms with van der Waals surface area (Å²) in [5, 5.41) is 6.37. The number of halogens is 2. The van der Waals surface area contributed by atoms with Crippen molar-refractivity contribution >= 4 is 33.9 Å². The van der Waals surface area contributed by atoms with Gasteiger partial charge in [0, 0.05) is 33.9 Å². The van der Waals surface area contributed by atoms with Crippen molar-refractivity contribution < 1.29 is 9.18 Å². The van der Waals surface area contributed by atoms with Crippen molar-refractivity contribution in [1.82, 2.24) is 20.0 Å². The standard InChI is InChI=1S/C21H18ClFN4OS/c1-13-19(11-25-20(28)24-10-14-2-6-16(22)7-3-14)29-21-26-18(12-27(13)21)15-4-8-17(23)9-5-15/h2-9,12H,10-11H2,1H3,(H2,24,25,28). The molecule has 0 saturated heterocycles. The van der Waals surface area contributed by atoms with Crippen LogP contribution < -0.4 is 10.6 Å². The predicted octanol–water partition coefficient (Wildman–Crippen LogP) is 5.16. The third-order valence-electron chi connectivity index (χ3n) is 4.57. The number of imidazole rings is 1. The molecule has 4 aromatic rings. The van der Waals surface area contributed by atoms with Crippen molar-refractivity contribution in [2.45, 2.75) is 20.0 Å². The molecule has 2 heterocycles. The van der Waals surface area contributed by atoms with Gasteiger partial charge in [-0.05, 0) is 48.9 Å². The van der Waals surface area contributed by atoms with Gasteiger partial charge in [0.25, 0.3) is 0 Å². The summed E-state index contributed by atoms with van der Waals surface area (Å²) in [6.07, 6.45) is 1.93. The number of rotatable bonds is 5. The number of thiazole rings is 1. The number of hydrogen-bond acceptors (Lipinski definition) is 3. The Morgan fingerprint density at radius 3 is 2.48 bits per heavy atom. The average Bonchev–Trinajstić information content (AvgIpc) is 3.26. The van der Waals surface area contributed by atoms with Crippen LogP contribution in [0.15, 0.2) is 54.7 Å². The summed E-state index contributed by atoms with van der Waals surface area (Å²) in [5.74, 6) is -0.270. The van der Waals surface area contributed by atoms with Crippen LogP contribution in [0.2, 0.25) is 5.02 Å². The van der Waals surface area contributed by atoms with Gasteiger partial charge in [-0.1, -0.05) is 35.1 Å². The van der Waals surface area contributed by atoms with Crippen LogP contribution in [0.1, 0.15) is 16.1 Å². The minimum atomic E-state index is -0.270. The van der Waals surface area contributed by atoms with Gasteiger partial charge in [-0.15, -0.1) is 0 Å². The number of fused-ring (bicyclic) bond motifs is 1. The largest absolute Gasteiger partial charge is 0.334 e. The third kappa shape index (κ3) is 4.41. The van der Waals surface area contributed by atoms with Crippen molar-refractivity contribution in [2.24, 2.45) is 0 Å². The number of aryl methyl sites for hydroxylation is 1. The number of urea groups is 1. The maximum Gasteiger partial charge on any atom is 0.315 e. The average molecular weight is 429 g/mol. The van der Waals surface area contributed by atoms with Crippen LogP contribution in [0, 0.1) is 12.7 Å². The van der Waals surface area contributed by atoms with E-state index in [1.807, 2.05) is 29.7 Å². The molecule has 29 heavy (non-hydrogen) atoms. The van der Waals surface area contributed by atoms with Crippen LogP contribution in [0.3, 0.4) is 0 Å². The lowest BCUT2D eigenvalue weighted by Gasteiger charge is -2.07. The molecule has 2 aromatic heterocycles. The molecule has 0 saturated carbocycles. The van der Waals surface area contributed by atoms with Crippen molar-refractivity contribution in [3.05, 3.63) is 81.7 Å². The zero-order valence-corrected chi connectivity index (χ0v) is 17.1.